The molecular formula is C26H34N2O8. The van der Waals surface area contributed by atoms with Gasteiger partial charge in [-0.2, -0.15) is 0 Å². The average Bonchev–Trinajstić information content (AvgIpc) is 3.35. The van der Waals surface area contributed by atoms with Crippen LogP contribution in [0.15, 0.2) is 36.5 Å². The summed E-state index contributed by atoms with van der Waals surface area (Å²) in [6.07, 6.45) is 15.3. The zero-order valence-corrected chi connectivity index (χ0v) is 20.5. The topological polar surface area (TPSA) is 127 Å². The van der Waals surface area contributed by atoms with E-state index in [2.05, 4.69) is 0 Å². The number of unbranched alkanes of at least 4 members (excludes halogenated alkanes) is 8. The lowest BCUT2D eigenvalue weighted by atomic mass is 10.1. The Bertz CT molecular complexity index is 798. The van der Waals surface area contributed by atoms with Crippen LogP contribution in [-0.4, -0.2) is 71.7 Å². The quantitative estimate of drug-likeness (QED) is 0.121. The summed E-state index contributed by atoms with van der Waals surface area (Å²) >= 11 is 0. The lowest BCUT2D eigenvalue weighted by Crippen LogP contribution is -2.30. The third kappa shape index (κ3) is 10.8. The van der Waals surface area contributed by atoms with Gasteiger partial charge in [0, 0.05) is 49.5 Å². The Labute approximate surface area is 210 Å². The Kier molecular flexibility index (Phi) is 12.9. The van der Waals surface area contributed by atoms with Gasteiger partial charge in [0.05, 0.1) is 13.2 Å². The molecule has 0 saturated heterocycles. The van der Waals surface area contributed by atoms with Crippen molar-refractivity contribution in [2.75, 3.05) is 26.3 Å². The van der Waals surface area contributed by atoms with Gasteiger partial charge in [0.15, 0.2) is 0 Å². The van der Waals surface area contributed by atoms with E-state index in [0.717, 1.165) is 63.5 Å². The molecule has 0 aromatic heterocycles. The zero-order valence-electron chi connectivity index (χ0n) is 20.5. The van der Waals surface area contributed by atoms with Gasteiger partial charge in [-0.05, 0) is 25.7 Å². The molecular weight excluding hydrogens is 468 g/mol. The van der Waals surface area contributed by atoms with E-state index < -0.39 is 11.9 Å². The maximum Gasteiger partial charge on any atom is 0.331 e. The van der Waals surface area contributed by atoms with E-state index in [0.29, 0.717) is 25.9 Å². The standard InChI is InChI=1S/C26H34N2O8/c29-21-11-12-22(30)27(21)17-7-3-1-5-9-19-35-25(33)15-16-26(34)36-20-10-6-2-4-8-18-28-23(31)13-14-24(28)32/h11-16H,1-10,17-20H2/b16-15-. The minimum Gasteiger partial charge on any atom is -0.463 e. The van der Waals surface area contributed by atoms with E-state index in [-0.39, 0.29) is 36.8 Å². The molecule has 4 amide bonds. The predicted molar refractivity (Wildman–Crippen MR) is 129 cm³/mol. The molecule has 0 aromatic rings. The number of hydrogen-bond donors (Lipinski definition) is 0. The van der Waals surface area contributed by atoms with Gasteiger partial charge in [-0.3, -0.25) is 29.0 Å². The first-order chi connectivity index (χ1) is 17.4. The fraction of sp³-hybridized carbons (Fsp3) is 0.538. The molecule has 2 rings (SSSR count). The van der Waals surface area contributed by atoms with Crippen molar-refractivity contribution in [1.82, 2.24) is 9.80 Å². The van der Waals surface area contributed by atoms with Gasteiger partial charge in [-0.25, -0.2) is 9.59 Å². The molecule has 0 aromatic carbocycles. The van der Waals surface area contributed by atoms with Crippen molar-refractivity contribution in [1.29, 1.82) is 0 Å². The van der Waals surface area contributed by atoms with Crippen LogP contribution in [0.5, 0.6) is 0 Å². The number of rotatable bonds is 18. The molecule has 10 nitrogen and oxygen atoms in total. The van der Waals surface area contributed by atoms with Crippen molar-refractivity contribution in [3.05, 3.63) is 36.5 Å². The highest BCUT2D eigenvalue weighted by molar-refractivity contribution is 6.13. The van der Waals surface area contributed by atoms with Crippen LogP contribution in [0.2, 0.25) is 0 Å². The maximum absolute atomic E-state index is 11.7. The van der Waals surface area contributed by atoms with Crippen LogP contribution in [0.4, 0.5) is 0 Å². The van der Waals surface area contributed by atoms with Crippen LogP contribution >= 0.6 is 0 Å². The van der Waals surface area contributed by atoms with Crippen molar-refractivity contribution in [2.24, 2.45) is 0 Å². The number of hydrogen-bond acceptors (Lipinski definition) is 8. The highest BCUT2D eigenvalue weighted by Crippen LogP contribution is 2.10. The number of ether oxygens (including phenoxy) is 2. The van der Waals surface area contributed by atoms with E-state index in [1.165, 1.54) is 34.1 Å². The molecule has 0 atom stereocenters. The summed E-state index contributed by atoms with van der Waals surface area (Å²) in [5.41, 5.74) is 0. The van der Waals surface area contributed by atoms with Crippen LogP contribution in [0.25, 0.3) is 0 Å². The molecule has 0 unspecified atom stereocenters. The van der Waals surface area contributed by atoms with Crippen LogP contribution in [0, 0.1) is 0 Å². The minimum atomic E-state index is -0.601. The van der Waals surface area contributed by atoms with Gasteiger partial charge < -0.3 is 9.47 Å². The average molecular weight is 503 g/mol. The predicted octanol–water partition coefficient (Wildman–Crippen LogP) is 2.38. The Morgan fingerprint density at radius 3 is 1.19 bits per heavy atom. The second kappa shape index (κ2) is 16.2. The summed E-state index contributed by atoms with van der Waals surface area (Å²) in [6, 6.07) is 0. The molecule has 0 saturated carbocycles. The van der Waals surface area contributed by atoms with Crippen molar-refractivity contribution in [2.45, 2.75) is 64.2 Å². The molecule has 0 fully saturated rings. The number of carbonyl (C=O) groups is 6. The number of amides is 4. The lowest BCUT2D eigenvalue weighted by molar-refractivity contribution is -0.140. The number of imide groups is 2. The van der Waals surface area contributed by atoms with Crippen LogP contribution in [0.1, 0.15) is 64.2 Å². The zero-order chi connectivity index (χ0) is 26.2. The van der Waals surface area contributed by atoms with E-state index in [1.807, 2.05) is 0 Å². The van der Waals surface area contributed by atoms with Crippen molar-refractivity contribution < 1.29 is 38.2 Å². The fourth-order valence-electron chi connectivity index (χ4n) is 3.69. The molecule has 2 aliphatic rings. The summed E-state index contributed by atoms with van der Waals surface area (Å²) in [5, 5.41) is 0. The first kappa shape index (κ1) is 28.7. The largest absolute Gasteiger partial charge is 0.463 e. The summed E-state index contributed by atoms with van der Waals surface area (Å²) in [7, 11) is 0. The molecule has 0 bridgehead atoms. The smallest absolute Gasteiger partial charge is 0.331 e. The molecule has 2 heterocycles. The second-order valence-electron chi connectivity index (χ2n) is 8.53. The van der Waals surface area contributed by atoms with Crippen molar-refractivity contribution in [3.8, 4) is 0 Å². The molecule has 36 heavy (non-hydrogen) atoms. The third-order valence-electron chi connectivity index (χ3n) is 5.70. The van der Waals surface area contributed by atoms with Gasteiger partial charge in [-0.1, -0.05) is 38.5 Å². The normalized spacial score (nSPS) is 15.1. The third-order valence-corrected chi connectivity index (χ3v) is 5.70. The van der Waals surface area contributed by atoms with E-state index >= 15 is 0 Å². The van der Waals surface area contributed by atoms with Crippen LogP contribution in [0.3, 0.4) is 0 Å². The maximum atomic E-state index is 11.7. The molecule has 2 aliphatic heterocycles. The summed E-state index contributed by atoms with van der Waals surface area (Å²) < 4.78 is 10.1. The summed E-state index contributed by atoms with van der Waals surface area (Å²) in [4.78, 5) is 71.5. The van der Waals surface area contributed by atoms with Crippen LogP contribution < -0.4 is 0 Å². The first-order valence-electron chi connectivity index (χ1n) is 12.5. The highest BCUT2D eigenvalue weighted by atomic mass is 16.5. The first-order valence-corrected chi connectivity index (χ1v) is 12.5. The Morgan fingerprint density at radius 2 is 0.833 bits per heavy atom. The van der Waals surface area contributed by atoms with Gasteiger partial charge in [0.25, 0.3) is 23.6 Å². The Balaban J connectivity index is 1.36. The molecule has 0 N–H and O–H groups in total. The molecule has 0 aliphatic carbocycles. The van der Waals surface area contributed by atoms with Crippen molar-refractivity contribution >= 4 is 35.6 Å². The van der Waals surface area contributed by atoms with Gasteiger partial charge in [-0.15, -0.1) is 0 Å². The van der Waals surface area contributed by atoms with Gasteiger partial charge >= 0.3 is 11.9 Å². The fourth-order valence-corrected chi connectivity index (χ4v) is 3.69. The van der Waals surface area contributed by atoms with Crippen molar-refractivity contribution in [3.63, 3.8) is 0 Å². The highest BCUT2D eigenvalue weighted by Gasteiger charge is 2.22. The number of esters is 2. The van der Waals surface area contributed by atoms with E-state index in [4.69, 9.17) is 9.47 Å². The summed E-state index contributed by atoms with van der Waals surface area (Å²) in [5.74, 6) is -2.25. The van der Waals surface area contributed by atoms with Gasteiger partial charge in [0.2, 0.25) is 0 Å². The molecule has 0 radical (unpaired) electrons. The molecule has 196 valence electrons. The second-order valence-corrected chi connectivity index (χ2v) is 8.53. The molecule has 0 spiro atoms. The lowest BCUT2D eigenvalue weighted by Gasteiger charge is -2.13. The Morgan fingerprint density at radius 1 is 0.528 bits per heavy atom. The van der Waals surface area contributed by atoms with Crippen LogP contribution in [-0.2, 0) is 38.2 Å². The Hall–Kier alpha value is -3.56. The number of nitrogens with zero attached hydrogens (tertiary/aromatic N) is 2. The SMILES string of the molecule is O=C(/C=C\C(=O)OCCCCCCCN1C(=O)C=CC1=O)OCCCCCCCN1C(=O)C=CC1=O. The minimum absolute atomic E-state index is 0.252. The monoisotopic (exact) mass is 502 g/mol. The molecule has 10 heteroatoms. The summed E-state index contributed by atoms with van der Waals surface area (Å²) in [6.45, 7) is 1.34. The van der Waals surface area contributed by atoms with Gasteiger partial charge in [0.1, 0.15) is 0 Å². The van der Waals surface area contributed by atoms with E-state index in [1.54, 1.807) is 0 Å². The number of carbonyl (C=O) groups excluding carboxylic acids is 6. The van der Waals surface area contributed by atoms with E-state index in [9.17, 15) is 28.8 Å².